The minimum atomic E-state index is 0.375. The van der Waals surface area contributed by atoms with E-state index in [0.29, 0.717) is 17.5 Å². The van der Waals surface area contributed by atoms with Gasteiger partial charge in [-0.25, -0.2) is 0 Å². The van der Waals surface area contributed by atoms with E-state index in [2.05, 4.69) is 38.1 Å². The van der Waals surface area contributed by atoms with Crippen LogP contribution in [0.4, 0.5) is 5.82 Å². The summed E-state index contributed by atoms with van der Waals surface area (Å²) >= 11 is 0. The number of methoxy groups -OCH3 is 1. The largest absolute Gasteiger partial charge is 0.496 e. The lowest BCUT2D eigenvalue weighted by Gasteiger charge is -2.16. The predicted molar refractivity (Wildman–Crippen MR) is 76.4 cm³/mol. The van der Waals surface area contributed by atoms with Gasteiger partial charge in [0.2, 0.25) is 0 Å². The first-order valence-electron chi connectivity index (χ1n) is 6.50. The molecule has 0 fully saturated rings. The van der Waals surface area contributed by atoms with Crippen LogP contribution in [0.15, 0.2) is 22.7 Å². The average Bonchev–Trinajstić information content (AvgIpc) is 2.83. The van der Waals surface area contributed by atoms with E-state index in [0.717, 1.165) is 17.7 Å². The third-order valence-electron chi connectivity index (χ3n) is 3.21. The first-order chi connectivity index (χ1) is 9.06. The van der Waals surface area contributed by atoms with Crippen LogP contribution in [0.3, 0.4) is 0 Å². The Morgan fingerprint density at radius 3 is 2.53 bits per heavy atom. The standard InChI is InChI=1S/C15H20N2O2/c1-5-10-6-11(13-8-14(16)17-19-13)7-12(9(2)3)15(10)18-4/h6-9H,5H2,1-4H3,(H2,16,17). The number of ether oxygens (including phenoxy) is 1. The van der Waals surface area contributed by atoms with Gasteiger partial charge in [-0.15, -0.1) is 0 Å². The van der Waals surface area contributed by atoms with E-state index in [-0.39, 0.29) is 0 Å². The number of anilines is 1. The van der Waals surface area contributed by atoms with Gasteiger partial charge < -0.3 is 15.0 Å². The fourth-order valence-electron chi connectivity index (χ4n) is 2.22. The van der Waals surface area contributed by atoms with E-state index in [9.17, 15) is 0 Å². The molecule has 102 valence electrons. The van der Waals surface area contributed by atoms with Crippen LogP contribution in [0.25, 0.3) is 11.3 Å². The van der Waals surface area contributed by atoms with Crippen LogP contribution < -0.4 is 10.5 Å². The molecule has 0 saturated carbocycles. The number of aromatic nitrogens is 1. The number of benzene rings is 1. The van der Waals surface area contributed by atoms with Crippen LogP contribution in [0, 0.1) is 0 Å². The van der Waals surface area contributed by atoms with Gasteiger partial charge >= 0.3 is 0 Å². The first-order valence-corrected chi connectivity index (χ1v) is 6.50. The van der Waals surface area contributed by atoms with E-state index in [1.807, 2.05) is 0 Å². The van der Waals surface area contributed by atoms with Crippen LogP contribution in [-0.4, -0.2) is 12.3 Å². The molecule has 0 radical (unpaired) electrons. The predicted octanol–water partition coefficient (Wildman–Crippen LogP) is 3.62. The van der Waals surface area contributed by atoms with Crippen molar-refractivity contribution >= 4 is 5.82 Å². The second-order valence-corrected chi connectivity index (χ2v) is 4.88. The molecule has 0 aliphatic heterocycles. The zero-order valence-electron chi connectivity index (χ0n) is 11.9. The lowest BCUT2D eigenvalue weighted by Crippen LogP contribution is -1.99. The summed E-state index contributed by atoms with van der Waals surface area (Å²) < 4.78 is 10.8. The van der Waals surface area contributed by atoms with Gasteiger partial charge in [0.05, 0.1) is 7.11 Å². The Morgan fingerprint density at radius 1 is 1.32 bits per heavy atom. The number of nitrogen functional groups attached to an aromatic ring is 1. The lowest BCUT2D eigenvalue weighted by atomic mass is 9.94. The van der Waals surface area contributed by atoms with Crippen LogP contribution in [-0.2, 0) is 6.42 Å². The maximum Gasteiger partial charge on any atom is 0.169 e. The van der Waals surface area contributed by atoms with Crippen molar-refractivity contribution in [1.29, 1.82) is 0 Å². The molecule has 2 rings (SSSR count). The molecule has 2 N–H and O–H groups in total. The summed E-state index contributed by atoms with van der Waals surface area (Å²) in [5, 5.41) is 3.74. The molecule has 19 heavy (non-hydrogen) atoms. The van der Waals surface area contributed by atoms with Gasteiger partial charge in [-0.05, 0) is 35.6 Å². The molecule has 0 aliphatic carbocycles. The van der Waals surface area contributed by atoms with Crippen molar-refractivity contribution in [3.8, 4) is 17.1 Å². The molecule has 0 amide bonds. The number of hydrogen-bond donors (Lipinski definition) is 1. The Morgan fingerprint density at radius 2 is 2.05 bits per heavy atom. The Hall–Kier alpha value is -1.97. The summed E-state index contributed by atoms with van der Waals surface area (Å²) in [6.07, 6.45) is 0.903. The fraction of sp³-hybridized carbons (Fsp3) is 0.400. The Kier molecular flexibility index (Phi) is 3.79. The first kappa shape index (κ1) is 13.5. The quantitative estimate of drug-likeness (QED) is 0.912. The van der Waals surface area contributed by atoms with E-state index in [1.54, 1.807) is 13.2 Å². The maximum atomic E-state index is 5.61. The third kappa shape index (κ3) is 2.57. The number of nitrogens with zero attached hydrogens (tertiary/aromatic N) is 1. The Bertz CT molecular complexity index is 574. The van der Waals surface area contributed by atoms with Crippen molar-refractivity contribution < 1.29 is 9.26 Å². The molecule has 4 heteroatoms. The molecule has 4 nitrogen and oxygen atoms in total. The molecule has 0 saturated heterocycles. The molecule has 0 atom stereocenters. The topological polar surface area (TPSA) is 61.3 Å². The van der Waals surface area contributed by atoms with Crippen LogP contribution in [0.5, 0.6) is 5.75 Å². The molecule has 1 heterocycles. The van der Waals surface area contributed by atoms with Gasteiger partial charge in [-0.2, -0.15) is 0 Å². The molecule has 0 bridgehead atoms. The van der Waals surface area contributed by atoms with Crippen molar-refractivity contribution in [1.82, 2.24) is 5.16 Å². The van der Waals surface area contributed by atoms with Crippen molar-refractivity contribution in [3.63, 3.8) is 0 Å². The monoisotopic (exact) mass is 260 g/mol. The maximum absolute atomic E-state index is 5.61. The molecular weight excluding hydrogens is 240 g/mol. The van der Waals surface area contributed by atoms with Crippen LogP contribution in [0.1, 0.15) is 37.8 Å². The molecule has 1 aromatic carbocycles. The number of aryl methyl sites for hydroxylation is 1. The van der Waals surface area contributed by atoms with Crippen LogP contribution in [0.2, 0.25) is 0 Å². The van der Waals surface area contributed by atoms with Gasteiger partial charge in [0.25, 0.3) is 0 Å². The van der Waals surface area contributed by atoms with Crippen LogP contribution >= 0.6 is 0 Å². The zero-order chi connectivity index (χ0) is 14.0. The average molecular weight is 260 g/mol. The summed E-state index contributed by atoms with van der Waals surface area (Å²) in [6, 6.07) is 5.90. The fourth-order valence-corrected chi connectivity index (χ4v) is 2.22. The minimum Gasteiger partial charge on any atom is -0.496 e. The summed E-state index contributed by atoms with van der Waals surface area (Å²) in [7, 11) is 1.71. The molecule has 0 spiro atoms. The normalized spacial score (nSPS) is 11.0. The number of rotatable bonds is 4. The highest BCUT2D eigenvalue weighted by atomic mass is 16.5. The molecule has 0 aliphatic rings. The summed E-state index contributed by atoms with van der Waals surface area (Å²) in [5.74, 6) is 2.43. The highest BCUT2D eigenvalue weighted by Gasteiger charge is 2.16. The van der Waals surface area contributed by atoms with Gasteiger partial charge in [0.15, 0.2) is 11.6 Å². The van der Waals surface area contributed by atoms with Crippen molar-refractivity contribution in [2.24, 2.45) is 0 Å². The minimum absolute atomic E-state index is 0.375. The molecule has 0 unspecified atom stereocenters. The Balaban J connectivity index is 2.60. The van der Waals surface area contributed by atoms with Gasteiger partial charge in [-0.3, -0.25) is 0 Å². The van der Waals surface area contributed by atoms with E-state index >= 15 is 0 Å². The highest BCUT2D eigenvalue weighted by Crippen LogP contribution is 2.35. The molecular formula is C15H20N2O2. The SMILES string of the molecule is CCc1cc(-c2cc(N)no2)cc(C(C)C)c1OC. The van der Waals surface area contributed by atoms with E-state index < -0.39 is 0 Å². The second-order valence-electron chi connectivity index (χ2n) is 4.88. The summed E-state index contributed by atoms with van der Waals surface area (Å²) in [6.45, 7) is 6.41. The second kappa shape index (κ2) is 5.34. The van der Waals surface area contributed by atoms with Crippen molar-refractivity contribution in [2.75, 3.05) is 12.8 Å². The molecule has 2 aromatic rings. The summed E-state index contributed by atoms with van der Waals surface area (Å²) in [5.41, 5.74) is 8.94. The number of hydrogen-bond acceptors (Lipinski definition) is 4. The van der Waals surface area contributed by atoms with E-state index in [1.165, 1.54) is 11.1 Å². The number of nitrogens with two attached hydrogens (primary N) is 1. The Labute approximate surface area is 113 Å². The van der Waals surface area contributed by atoms with Crippen molar-refractivity contribution in [3.05, 3.63) is 29.3 Å². The van der Waals surface area contributed by atoms with Gasteiger partial charge in [0, 0.05) is 11.6 Å². The highest BCUT2D eigenvalue weighted by molar-refractivity contribution is 5.65. The zero-order valence-corrected chi connectivity index (χ0v) is 11.9. The molecule has 1 aromatic heterocycles. The van der Waals surface area contributed by atoms with E-state index in [4.69, 9.17) is 15.0 Å². The third-order valence-corrected chi connectivity index (χ3v) is 3.21. The smallest absolute Gasteiger partial charge is 0.169 e. The van der Waals surface area contributed by atoms with Gasteiger partial charge in [0.1, 0.15) is 5.75 Å². The lowest BCUT2D eigenvalue weighted by molar-refractivity contribution is 0.402. The van der Waals surface area contributed by atoms with Crippen molar-refractivity contribution in [2.45, 2.75) is 33.1 Å². The summed E-state index contributed by atoms with van der Waals surface area (Å²) in [4.78, 5) is 0. The van der Waals surface area contributed by atoms with Gasteiger partial charge in [-0.1, -0.05) is 25.9 Å².